The number of nitrogens with one attached hydrogen (secondary N) is 1. The molecule has 1 saturated heterocycles. The Balaban J connectivity index is 1.46. The third-order valence-corrected chi connectivity index (χ3v) is 6.88. The minimum atomic E-state index is -4.90. The first-order valence-electron chi connectivity index (χ1n) is 10.6. The van der Waals surface area contributed by atoms with E-state index in [1.807, 2.05) is 35.9 Å². The summed E-state index contributed by atoms with van der Waals surface area (Å²) in [5, 5.41) is 3.20. The Morgan fingerprint density at radius 2 is 1.88 bits per heavy atom. The van der Waals surface area contributed by atoms with Crippen LogP contribution in [0.5, 0.6) is 5.75 Å². The predicted octanol–water partition coefficient (Wildman–Crippen LogP) is 4.58. The van der Waals surface area contributed by atoms with Crippen molar-refractivity contribution in [1.82, 2.24) is 14.5 Å². The van der Waals surface area contributed by atoms with Crippen LogP contribution in [0.4, 0.5) is 18.9 Å². The normalized spacial score (nSPS) is 18.3. The number of ether oxygens (including phenoxy) is 1. The Kier molecular flexibility index (Phi) is 6.48. The van der Waals surface area contributed by atoms with E-state index in [9.17, 15) is 22.8 Å². The Hall–Kier alpha value is -3.21. The lowest BCUT2D eigenvalue weighted by atomic mass is 9.97. The summed E-state index contributed by atoms with van der Waals surface area (Å²) >= 11 is 1.28. The molecule has 0 unspecified atom stereocenters. The second kappa shape index (κ2) is 9.21. The van der Waals surface area contributed by atoms with Gasteiger partial charge in [0.25, 0.3) is 0 Å². The van der Waals surface area contributed by atoms with Gasteiger partial charge in [-0.1, -0.05) is 36.0 Å². The maximum Gasteiger partial charge on any atom is 0.573 e. The number of fused-ring (bicyclic) bond motifs is 1. The summed E-state index contributed by atoms with van der Waals surface area (Å²) < 4.78 is 44.1. The van der Waals surface area contributed by atoms with Gasteiger partial charge in [0, 0.05) is 13.6 Å². The van der Waals surface area contributed by atoms with Crippen LogP contribution in [0.3, 0.4) is 0 Å². The average molecular weight is 493 g/mol. The highest BCUT2D eigenvalue weighted by molar-refractivity contribution is 7.99. The number of aromatic nitrogens is 2. The number of benzene rings is 2. The Morgan fingerprint density at radius 3 is 2.62 bits per heavy atom. The van der Waals surface area contributed by atoms with Crippen LogP contribution in [-0.2, 0) is 16.6 Å². The number of hydrogen-bond donors (Lipinski definition) is 1. The van der Waals surface area contributed by atoms with Crippen molar-refractivity contribution >= 4 is 40.3 Å². The number of thioether (sulfide) groups is 1. The zero-order valence-electron chi connectivity index (χ0n) is 18.6. The molecule has 0 spiro atoms. The Morgan fingerprint density at radius 1 is 1.18 bits per heavy atom. The minimum absolute atomic E-state index is 0.0772. The van der Waals surface area contributed by atoms with Crippen molar-refractivity contribution in [3.63, 3.8) is 0 Å². The van der Waals surface area contributed by atoms with Crippen molar-refractivity contribution in [1.29, 1.82) is 0 Å². The first kappa shape index (κ1) is 23.9. The van der Waals surface area contributed by atoms with E-state index >= 15 is 0 Å². The predicted molar refractivity (Wildman–Crippen MR) is 123 cm³/mol. The lowest BCUT2D eigenvalue weighted by molar-refractivity contribution is -0.274. The number of amides is 2. The molecule has 1 aromatic heterocycles. The van der Waals surface area contributed by atoms with Crippen LogP contribution in [0.25, 0.3) is 11.0 Å². The number of alkyl halides is 3. The van der Waals surface area contributed by atoms with Gasteiger partial charge in [-0.05, 0) is 44.0 Å². The van der Waals surface area contributed by atoms with Crippen LogP contribution in [0.15, 0.2) is 53.7 Å². The van der Waals surface area contributed by atoms with Crippen LogP contribution < -0.4 is 10.1 Å². The third-order valence-electron chi connectivity index (χ3n) is 5.86. The number of rotatable bonds is 6. The fraction of sp³-hybridized carbons (Fsp3) is 0.348. The highest BCUT2D eigenvalue weighted by Gasteiger charge is 2.46. The molecule has 34 heavy (non-hydrogen) atoms. The quantitative estimate of drug-likeness (QED) is 0.510. The van der Waals surface area contributed by atoms with E-state index in [-0.39, 0.29) is 17.3 Å². The van der Waals surface area contributed by atoms with Crippen molar-refractivity contribution in [2.24, 2.45) is 7.05 Å². The molecule has 1 fully saturated rings. The standard InChI is InChI=1S/C23H23F3N4O3S/c1-22(20(32)27-16-9-4-6-11-18(16)33-23(24,25)26)12-7-13-30(22)19(31)14-34-21-28-15-8-3-5-10-17(15)29(21)2/h3-6,8-11H,7,12-14H2,1-2H3,(H,27,32)/t22-/m0/s1. The number of likely N-dealkylation sites (tertiary alicyclic amines) is 1. The fourth-order valence-corrected chi connectivity index (χ4v) is 4.96. The molecular weight excluding hydrogens is 469 g/mol. The number of aryl methyl sites for hydroxylation is 1. The van der Waals surface area contributed by atoms with Crippen molar-refractivity contribution < 1.29 is 27.5 Å². The summed E-state index contributed by atoms with van der Waals surface area (Å²) in [7, 11) is 1.87. The highest BCUT2D eigenvalue weighted by Crippen LogP contribution is 2.35. The molecule has 0 radical (unpaired) electrons. The summed E-state index contributed by atoms with van der Waals surface area (Å²) in [6, 6.07) is 13.0. The molecule has 180 valence electrons. The molecular formula is C23H23F3N4O3S. The van der Waals surface area contributed by atoms with Crippen molar-refractivity contribution in [3.8, 4) is 5.75 Å². The lowest BCUT2D eigenvalue weighted by Gasteiger charge is -2.34. The van der Waals surface area contributed by atoms with E-state index in [1.54, 1.807) is 6.92 Å². The first-order valence-corrected chi connectivity index (χ1v) is 11.6. The number of anilines is 1. The molecule has 4 rings (SSSR count). The summed E-state index contributed by atoms with van der Waals surface area (Å²) in [5.74, 6) is -1.25. The Bertz CT molecular complexity index is 1230. The SMILES string of the molecule is Cn1c(SCC(=O)N2CCC[C@@]2(C)C(=O)Nc2ccccc2OC(F)(F)F)nc2ccccc21. The number of nitrogens with zero attached hydrogens (tertiary/aromatic N) is 3. The van der Waals surface area contributed by atoms with Gasteiger partial charge >= 0.3 is 6.36 Å². The maximum absolute atomic E-state index is 13.1. The number of para-hydroxylation sites is 4. The molecule has 2 aromatic carbocycles. The summed E-state index contributed by atoms with van der Waals surface area (Å²) in [6.45, 7) is 2.01. The fourth-order valence-electron chi connectivity index (χ4n) is 4.10. The van der Waals surface area contributed by atoms with Gasteiger partial charge in [-0.3, -0.25) is 9.59 Å². The molecule has 0 aliphatic carbocycles. The van der Waals surface area contributed by atoms with Gasteiger partial charge in [0.05, 0.1) is 22.5 Å². The molecule has 7 nitrogen and oxygen atoms in total. The van der Waals surface area contributed by atoms with E-state index in [2.05, 4.69) is 15.0 Å². The molecule has 1 atom stereocenters. The molecule has 1 aliphatic heterocycles. The number of hydrogen-bond acceptors (Lipinski definition) is 5. The van der Waals surface area contributed by atoms with E-state index in [1.165, 1.54) is 34.9 Å². The first-order chi connectivity index (χ1) is 16.1. The van der Waals surface area contributed by atoms with Gasteiger partial charge in [-0.15, -0.1) is 13.2 Å². The summed E-state index contributed by atoms with van der Waals surface area (Å²) in [6.07, 6.45) is -3.90. The number of imidazole rings is 1. The lowest BCUT2D eigenvalue weighted by Crippen LogP contribution is -2.53. The van der Waals surface area contributed by atoms with Gasteiger partial charge in [0.2, 0.25) is 11.8 Å². The van der Waals surface area contributed by atoms with Crippen LogP contribution in [0.1, 0.15) is 19.8 Å². The van der Waals surface area contributed by atoms with Crippen molar-refractivity contribution in [3.05, 3.63) is 48.5 Å². The second-order valence-corrected chi connectivity index (χ2v) is 9.09. The van der Waals surface area contributed by atoms with Crippen LogP contribution in [0.2, 0.25) is 0 Å². The van der Waals surface area contributed by atoms with Crippen molar-refractivity contribution in [2.45, 2.75) is 36.8 Å². The second-order valence-electron chi connectivity index (χ2n) is 8.15. The number of carbonyl (C=O) groups excluding carboxylic acids is 2. The molecule has 0 bridgehead atoms. The van der Waals surface area contributed by atoms with Gasteiger partial charge in [-0.2, -0.15) is 0 Å². The van der Waals surface area contributed by atoms with Crippen LogP contribution in [-0.4, -0.2) is 50.5 Å². The van der Waals surface area contributed by atoms with E-state index in [0.29, 0.717) is 24.5 Å². The van der Waals surface area contributed by atoms with Crippen LogP contribution in [0, 0.1) is 0 Å². The number of carbonyl (C=O) groups is 2. The van der Waals surface area contributed by atoms with E-state index < -0.39 is 23.6 Å². The highest BCUT2D eigenvalue weighted by atomic mass is 32.2. The summed E-state index contributed by atoms with van der Waals surface area (Å²) in [4.78, 5) is 32.3. The number of halogens is 3. The zero-order valence-corrected chi connectivity index (χ0v) is 19.4. The summed E-state index contributed by atoms with van der Waals surface area (Å²) in [5.41, 5.74) is 0.460. The zero-order chi connectivity index (χ0) is 24.5. The molecule has 11 heteroatoms. The molecule has 2 amide bonds. The smallest absolute Gasteiger partial charge is 0.404 e. The van der Waals surface area contributed by atoms with E-state index in [0.717, 1.165) is 17.1 Å². The molecule has 1 aliphatic rings. The van der Waals surface area contributed by atoms with E-state index in [4.69, 9.17) is 0 Å². The minimum Gasteiger partial charge on any atom is -0.404 e. The van der Waals surface area contributed by atoms with Crippen molar-refractivity contribution in [2.75, 3.05) is 17.6 Å². The Labute approximate surface area is 198 Å². The average Bonchev–Trinajstić information content (AvgIpc) is 3.33. The molecule has 1 N–H and O–H groups in total. The maximum atomic E-state index is 13.1. The molecule has 0 saturated carbocycles. The topological polar surface area (TPSA) is 76.5 Å². The monoisotopic (exact) mass is 492 g/mol. The van der Waals surface area contributed by atoms with Gasteiger partial charge < -0.3 is 19.5 Å². The molecule has 2 heterocycles. The van der Waals surface area contributed by atoms with Crippen LogP contribution >= 0.6 is 11.8 Å². The third kappa shape index (κ3) is 4.84. The largest absolute Gasteiger partial charge is 0.573 e. The molecule has 3 aromatic rings. The van der Waals surface area contributed by atoms with Gasteiger partial charge in [-0.25, -0.2) is 4.98 Å². The van der Waals surface area contributed by atoms with Gasteiger partial charge in [0.1, 0.15) is 5.54 Å². The van der Waals surface area contributed by atoms with Gasteiger partial charge in [0.15, 0.2) is 10.9 Å².